The van der Waals surface area contributed by atoms with Gasteiger partial charge in [0.15, 0.2) is 0 Å². The largest absolute Gasteiger partial charge is 0.506 e. The number of aliphatic hydroxyl groups excluding tert-OH is 1. The normalized spacial score (nSPS) is 15.1. The number of nitrogens with zero attached hydrogens (tertiary/aromatic N) is 2. The number of hydrogen-bond donors (Lipinski definition) is 1. The highest BCUT2D eigenvalue weighted by Gasteiger charge is 2.37. The number of hydrogen-bond acceptors (Lipinski definition) is 7. The average molecular weight is 826 g/mol. The Bertz CT molecular complexity index is 2280. The summed E-state index contributed by atoms with van der Waals surface area (Å²) in [6.07, 6.45) is 22.9. The molecule has 1 N–H and O–H groups in total. The van der Waals surface area contributed by atoms with Gasteiger partial charge in [-0.1, -0.05) is 91.9 Å². The maximum Gasteiger partial charge on any atom is 0.240 e. The van der Waals surface area contributed by atoms with Crippen LogP contribution < -0.4 is 14.7 Å². The Kier molecular flexibility index (Phi) is 14.5. The molecular weight excluding hydrogens is 765 g/mol. The van der Waals surface area contributed by atoms with Gasteiger partial charge in [0.25, 0.3) is 0 Å². The van der Waals surface area contributed by atoms with Crippen LogP contribution in [0.1, 0.15) is 135 Å². The van der Waals surface area contributed by atoms with E-state index >= 15 is 0 Å². The van der Waals surface area contributed by atoms with Gasteiger partial charge in [-0.3, -0.25) is 4.79 Å². The fourth-order valence-corrected chi connectivity index (χ4v) is 12.7. The monoisotopic (exact) mass is 825 g/mol. The predicted octanol–water partition coefficient (Wildman–Crippen LogP) is 13.5. The first-order valence-electron chi connectivity index (χ1n) is 21.7. The zero-order valence-corrected chi connectivity index (χ0v) is 37.4. The molecule has 2 aromatic carbocycles. The number of carbonyl (C=O) groups excluding carboxylic acids is 1. The number of thiophene rings is 3. The molecule has 1 aliphatic heterocycles. The van der Waals surface area contributed by atoms with Crippen molar-refractivity contribution in [1.82, 2.24) is 0 Å². The molecule has 0 spiro atoms. The van der Waals surface area contributed by atoms with E-state index in [2.05, 4.69) is 85.7 Å². The van der Waals surface area contributed by atoms with Gasteiger partial charge in [0, 0.05) is 60.4 Å². The van der Waals surface area contributed by atoms with E-state index in [4.69, 9.17) is 0 Å². The minimum atomic E-state index is -0.0441. The third-order valence-electron chi connectivity index (χ3n) is 11.5. The SMILES string of the molecule is CCCCCCN(CCCCCC)c1cc2cc3sc(C4=C(O)/C(=c5\cc6cc7c(cc6s5)=CC(=[N+](CCCCCC)CCCCCC)S7)C4=O)cc3cc2s1. The summed E-state index contributed by atoms with van der Waals surface area (Å²) < 4.78 is 7.10. The maximum atomic E-state index is 13.8. The van der Waals surface area contributed by atoms with Crippen molar-refractivity contribution in [1.29, 1.82) is 0 Å². The summed E-state index contributed by atoms with van der Waals surface area (Å²) in [6, 6.07) is 15.8. The summed E-state index contributed by atoms with van der Waals surface area (Å²) in [5.41, 5.74) is 0.938. The number of benzene rings is 2. The van der Waals surface area contributed by atoms with Crippen LogP contribution in [0.3, 0.4) is 0 Å². The minimum absolute atomic E-state index is 0.0441. The van der Waals surface area contributed by atoms with Gasteiger partial charge in [-0.15, -0.1) is 34.0 Å². The number of ketones is 1. The smallest absolute Gasteiger partial charge is 0.240 e. The summed E-state index contributed by atoms with van der Waals surface area (Å²) in [4.78, 5) is 18.6. The molecule has 0 saturated carbocycles. The number of thioether (sulfide) groups is 1. The Morgan fingerprint density at radius 3 is 1.79 bits per heavy atom. The number of unbranched alkanes of at least 4 members (excludes halogenated alkanes) is 12. The molecule has 0 saturated heterocycles. The van der Waals surface area contributed by atoms with Gasteiger partial charge in [0.1, 0.15) is 18.8 Å². The van der Waals surface area contributed by atoms with Crippen molar-refractivity contribution in [2.75, 3.05) is 31.1 Å². The summed E-state index contributed by atoms with van der Waals surface area (Å²) in [6.45, 7) is 13.6. The molecule has 0 fully saturated rings. The molecule has 0 unspecified atom stereocenters. The van der Waals surface area contributed by atoms with Crippen LogP contribution in [0.15, 0.2) is 53.1 Å². The van der Waals surface area contributed by atoms with Crippen LogP contribution in [0, 0.1) is 0 Å². The highest BCUT2D eigenvalue weighted by molar-refractivity contribution is 8.15. The molecule has 1 aliphatic carbocycles. The third-order valence-corrected chi connectivity index (χ3v) is 16.0. The number of anilines is 1. The topological polar surface area (TPSA) is 43.5 Å². The van der Waals surface area contributed by atoms with Gasteiger partial charge < -0.3 is 10.0 Å². The second kappa shape index (κ2) is 19.7. The molecule has 0 radical (unpaired) electrons. The van der Waals surface area contributed by atoms with Crippen molar-refractivity contribution in [3.05, 3.63) is 62.9 Å². The van der Waals surface area contributed by atoms with Gasteiger partial charge >= 0.3 is 0 Å². The van der Waals surface area contributed by atoms with Crippen molar-refractivity contribution in [3.63, 3.8) is 0 Å². The maximum absolute atomic E-state index is 13.8. The van der Waals surface area contributed by atoms with Gasteiger partial charge in [-0.25, -0.2) is 4.58 Å². The Labute approximate surface area is 350 Å². The van der Waals surface area contributed by atoms with E-state index in [0.29, 0.717) is 11.1 Å². The molecule has 3 aromatic heterocycles. The van der Waals surface area contributed by atoms with Crippen LogP contribution in [-0.4, -0.2) is 46.7 Å². The molecular formula is C48H61N2O2S4+. The molecule has 8 heteroatoms. The molecule has 56 heavy (non-hydrogen) atoms. The second-order valence-corrected chi connectivity index (χ2v) is 20.2. The van der Waals surface area contributed by atoms with E-state index in [1.165, 1.54) is 133 Å². The van der Waals surface area contributed by atoms with E-state index in [0.717, 1.165) is 55.8 Å². The predicted molar refractivity (Wildman–Crippen MR) is 250 cm³/mol. The number of rotatable bonds is 22. The molecule has 4 heterocycles. The van der Waals surface area contributed by atoms with E-state index < -0.39 is 0 Å². The van der Waals surface area contributed by atoms with Crippen LogP contribution in [0.2, 0.25) is 0 Å². The van der Waals surface area contributed by atoms with Crippen LogP contribution in [0.25, 0.3) is 47.5 Å². The molecule has 5 aromatic rings. The molecule has 0 bridgehead atoms. The summed E-state index contributed by atoms with van der Waals surface area (Å²) >= 11 is 7.04. The molecule has 4 nitrogen and oxygen atoms in total. The molecule has 0 amide bonds. The third kappa shape index (κ3) is 9.35. The number of Topliss-reactive ketones (excluding diaryl/α,β-unsaturated/α-hetero) is 1. The Morgan fingerprint density at radius 2 is 1.16 bits per heavy atom. The molecule has 7 rings (SSSR count). The van der Waals surface area contributed by atoms with Crippen LogP contribution in [-0.2, 0) is 4.79 Å². The minimum Gasteiger partial charge on any atom is -0.506 e. The fourth-order valence-electron chi connectivity index (χ4n) is 8.12. The second-order valence-electron chi connectivity index (χ2n) is 15.9. The van der Waals surface area contributed by atoms with Gasteiger partial charge in [-0.2, -0.15) is 0 Å². The van der Waals surface area contributed by atoms with Gasteiger partial charge in [-0.05, 0) is 101 Å². The molecule has 2 aliphatic rings. The summed E-state index contributed by atoms with van der Waals surface area (Å²) in [5.74, 6) is 0.0993. The number of carbonyl (C=O) groups is 1. The Balaban J connectivity index is 1.12. The lowest BCUT2D eigenvalue weighted by molar-refractivity contribution is -0.525. The van der Waals surface area contributed by atoms with Crippen molar-refractivity contribution in [2.45, 2.75) is 135 Å². The zero-order chi connectivity index (χ0) is 39.0. The van der Waals surface area contributed by atoms with Crippen molar-refractivity contribution in [3.8, 4) is 0 Å². The lowest BCUT2D eigenvalue weighted by atomic mass is 9.87. The van der Waals surface area contributed by atoms with Crippen LogP contribution >= 0.6 is 45.8 Å². The lowest BCUT2D eigenvalue weighted by Gasteiger charge is -2.23. The van der Waals surface area contributed by atoms with E-state index in [1.807, 2.05) is 23.1 Å². The first-order chi connectivity index (χ1) is 27.4. The Morgan fingerprint density at radius 1 is 0.589 bits per heavy atom. The molecule has 298 valence electrons. The number of allylic oxidation sites excluding steroid dienone is 2. The zero-order valence-electron chi connectivity index (χ0n) is 34.1. The average Bonchev–Trinajstić information content (AvgIpc) is 3.99. The van der Waals surface area contributed by atoms with Crippen molar-refractivity contribution in [2.24, 2.45) is 0 Å². The van der Waals surface area contributed by atoms with E-state index in [1.54, 1.807) is 22.7 Å². The highest BCUT2D eigenvalue weighted by Crippen LogP contribution is 2.44. The van der Waals surface area contributed by atoms with E-state index in [9.17, 15) is 9.90 Å². The lowest BCUT2D eigenvalue weighted by Crippen LogP contribution is -2.24. The fraction of sp³-hybridized carbons (Fsp3) is 0.500. The standard InChI is InChI=1S/C48H60N2O2S4/c1-5-9-13-17-21-49(22-18-14-10-6-2)43-31-35-27-37-33(25-39(35)55-43)29-41(53-37)45-47(51)46(48(45)52)42-30-34-26-40-36(28-38(34)54-42)32-44(56-40)50(23-19-15-11-7-3)24-20-16-12-8-4/h25-32H,5-24H2,1-4H3/p+1. The number of fused-ring (bicyclic) bond motifs is 4. The van der Waals surface area contributed by atoms with Crippen molar-refractivity contribution < 1.29 is 14.5 Å². The van der Waals surface area contributed by atoms with Crippen LogP contribution in [0.5, 0.6) is 0 Å². The Hall–Kier alpha value is -2.91. The van der Waals surface area contributed by atoms with Crippen LogP contribution in [0.4, 0.5) is 5.00 Å². The van der Waals surface area contributed by atoms with Gasteiger partial charge in [0.05, 0.1) is 16.1 Å². The van der Waals surface area contributed by atoms with E-state index in [-0.39, 0.29) is 11.5 Å². The first kappa shape index (κ1) is 41.3. The van der Waals surface area contributed by atoms with Gasteiger partial charge in [0.2, 0.25) is 10.8 Å². The highest BCUT2D eigenvalue weighted by atomic mass is 32.2. The quantitative estimate of drug-likeness (QED) is 0.0558. The van der Waals surface area contributed by atoms with Crippen molar-refractivity contribution >= 4 is 109 Å². The number of aliphatic hydroxyl groups is 1. The summed E-state index contributed by atoms with van der Waals surface area (Å²) in [5, 5.41) is 19.0. The first-order valence-corrected chi connectivity index (χ1v) is 25.0. The molecule has 0 atom stereocenters. The summed E-state index contributed by atoms with van der Waals surface area (Å²) in [7, 11) is 0.